The van der Waals surface area contributed by atoms with Gasteiger partial charge >= 0.3 is 0 Å². The third-order valence-electron chi connectivity index (χ3n) is 2.86. The zero-order valence-corrected chi connectivity index (χ0v) is 10.7. The predicted molar refractivity (Wildman–Crippen MR) is 73.3 cm³/mol. The first kappa shape index (κ1) is 12.0. The lowest BCUT2D eigenvalue weighted by Gasteiger charge is -2.08. The Balaban J connectivity index is 1.82. The van der Waals surface area contributed by atoms with Crippen molar-refractivity contribution in [3.8, 4) is 0 Å². The molecule has 3 rings (SSSR count). The first-order valence-corrected chi connectivity index (χ1v) is 6.62. The molecular weight excluding hydrogens is 266 g/mol. The molecule has 2 aromatic carbocycles. The van der Waals surface area contributed by atoms with Gasteiger partial charge in [-0.05, 0) is 30.3 Å². The second-order valence-corrected chi connectivity index (χ2v) is 4.97. The van der Waals surface area contributed by atoms with Gasteiger partial charge in [0.25, 0.3) is 0 Å². The third-order valence-corrected chi connectivity index (χ3v) is 3.65. The molecule has 0 aliphatic carbocycles. The van der Waals surface area contributed by atoms with Gasteiger partial charge in [-0.1, -0.05) is 6.07 Å². The third kappa shape index (κ3) is 2.42. The van der Waals surface area contributed by atoms with Crippen LogP contribution in [0.15, 0.2) is 41.9 Å². The van der Waals surface area contributed by atoms with Gasteiger partial charge in [-0.25, -0.2) is 13.8 Å². The molecule has 0 bridgehead atoms. The van der Waals surface area contributed by atoms with E-state index in [1.165, 1.54) is 29.5 Å². The lowest BCUT2D eigenvalue weighted by atomic mass is 10.2. The number of fused-ring (bicyclic) bond motifs is 1. The van der Waals surface area contributed by atoms with Gasteiger partial charge in [0.05, 0.1) is 15.7 Å². The molecule has 0 saturated heterocycles. The maximum absolute atomic E-state index is 13.5. The fourth-order valence-corrected chi connectivity index (χ4v) is 2.57. The fourth-order valence-electron chi connectivity index (χ4n) is 1.86. The molecule has 5 heteroatoms. The number of aromatic nitrogens is 1. The Hall–Kier alpha value is -2.01. The number of anilines is 1. The van der Waals surface area contributed by atoms with E-state index in [-0.39, 0.29) is 12.1 Å². The molecule has 0 radical (unpaired) electrons. The molecule has 0 atom stereocenters. The molecule has 1 heterocycles. The second kappa shape index (κ2) is 4.93. The molecule has 0 saturated carbocycles. The molecule has 0 aliphatic heterocycles. The van der Waals surface area contributed by atoms with Crippen LogP contribution in [-0.2, 0) is 6.54 Å². The van der Waals surface area contributed by atoms with Crippen LogP contribution in [0.2, 0.25) is 0 Å². The van der Waals surface area contributed by atoms with Crippen molar-refractivity contribution in [2.45, 2.75) is 6.54 Å². The molecule has 2 nitrogen and oxygen atoms in total. The summed E-state index contributed by atoms with van der Waals surface area (Å²) in [5.74, 6) is -1.07. The van der Waals surface area contributed by atoms with Crippen LogP contribution in [0, 0.1) is 11.6 Å². The Morgan fingerprint density at radius 3 is 2.68 bits per heavy atom. The normalized spacial score (nSPS) is 10.8. The van der Waals surface area contributed by atoms with Gasteiger partial charge in [0.1, 0.15) is 11.6 Å². The standard InChI is InChI=1S/C14H10F2N2S/c15-11-2-1-3-12(16)10(11)7-17-9-4-5-13-14(6-9)19-8-18-13/h1-6,8,17H,7H2. The predicted octanol–water partition coefficient (Wildman–Crippen LogP) is 4.19. The van der Waals surface area contributed by atoms with Crippen molar-refractivity contribution in [2.24, 2.45) is 0 Å². The molecule has 96 valence electrons. The van der Waals surface area contributed by atoms with Crippen molar-refractivity contribution in [1.29, 1.82) is 0 Å². The quantitative estimate of drug-likeness (QED) is 0.776. The Labute approximate surface area is 112 Å². The van der Waals surface area contributed by atoms with Crippen molar-refractivity contribution in [2.75, 3.05) is 5.32 Å². The highest BCUT2D eigenvalue weighted by atomic mass is 32.1. The largest absolute Gasteiger partial charge is 0.381 e. The van der Waals surface area contributed by atoms with Crippen LogP contribution >= 0.6 is 11.3 Å². The number of halogens is 2. The van der Waals surface area contributed by atoms with Gasteiger partial charge in [-0.2, -0.15) is 0 Å². The van der Waals surface area contributed by atoms with Crippen LogP contribution in [0.4, 0.5) is 14.5 Å². The van der Waals surface area contributed by atoms with Gasteiger partial charge in [0.15, 0.2) is 0 Å². The molecule has 1 aromatic heterocycles. The van der Waals surface area contributed by atoms with Gasteiger partial charge in [0.2, 0.25) is 0 Å². The van der Waals surface area contributed by atoms with Crippen molar-refractivity contribution in [1.82, 2.24) is 4.98 Å². The van der Waals surface area contributed by atoms with E-state index in [1.807, 2.05) is 18.2 Å². The van der Waals surface area contributed by atoms with E-state index in [4.69, 9.17) is 0 Å². The lowest BCUT2D eigenvalue weighted by molar-refractivity contribution is 0.560. The molecule has 19 heavy (non-hydrogen) atoms. The number of nitrogens with zero attached hydrogens (tertiary/aromatic N) is 1. The second-order valence-electron chi connectivity index (χ2n) is 4.09. The molecular formula is C14H10F2N2S. The molecule has 1 N–H and O–H groups in total. The van der Waals surface area contributed by atoms with Crippen LogP contribution in [0.5, 0.6) is 0 Å². The molecule has 0 amide bonds. The zero-order valence-electron chi connectivity index (χ0n) is 9.86. The van der Waals surface area contributed by atoms with E-state index >= 15 is 0 Å². The van der Waals surface area contributed by atoms with Crippen LogP contribution in [0.1, 0.15) is 5.56 Å². The van der Waals surface area contributed by atoms with Gasteiger partial charge in [-0.15, -0.1) is 11.3 Å². The molecule has 0 fully saturated rings. The van der Waals surface area contributed by atoms with E-state index in [0.29, 0.717) is 0 Å². The number of rotatable bonds is 3. The Morgan fingerprint density at radius 2 is 1.89 bits per heavy atom. The summed E-state index contributed by atoms with van der Waals surface area (Å²) < 4.78 is 28.0. The van der Waals surface area contributed by atoms with Crippen LogP contribution in [-0.4, -0.2) is 4.98 Å². The van der Waals surface area contributed by atoms with Crippen molar-refractivity contribution in [3.63, 3.8) is 0 Å². The summed E-state index contributed by atoms with van der Waals surface area (Å²) in [6.45, 7) is 0.114. The average molecular weight is 276 g/mol. The van der Waals surface area contributed by atoms with Gasteiger partial charge < -0.3 is 5.32 Å². The summed E-state index contributed by atoms with van der Waals surface area (Å²) in [6.07, 6.45) is 0. The zero-order chi connectivity index (χ0) is 13.2. The Morgan fingerprint density at radius 1 is 1.11 bits per heavy atom. The first-order valence-electron chi connectivity index (χ1n) is 5.74. The molecule has 0 unspecified atom stereocenters. The van der Waals surface area contributed by atoms with Crippen molar-refractivity contribution >= 4 is 27.2 Å². The number of hydrogen-bond donors (Lipinski definition) is 1. The van der Waals surface area contributed by atoms with E-state index in [9.17, 15) is 8.78 Å². The van der Waals surface area contributed by atoms with E-state index < -0.39 is 11.6 Å². The molecule has 3 aromatic rings. The number of benzene rings is 2. The highest BCUT2D eigenvalue weighted by Crippen LogP contribution is 2.22. The smallest absolute Gasteiger partial charge is 0.131 e. The Bertz CT molecular complexity index is 704. The lowest BCUT2D eigenvalue weighted by Crippen LogP contribution is -2.04. The van der Waals surface area contributed by atoms with Crippen molar-refractivity contribution in [3.05, 3.63) is 59.1 Å². The maximum atomic E-state index is 13.5. The highest BCUT2D eigenvalue weighted by Gasteiger charge is 2.08. The maximum Gasteiger partial charge on any atom is 0.131 e. The summed E-state index contributed by atoms with van der Waals surface area (Å²) in [7, 11) is 0. The summed E-state index contributed by atoms with van der Waals surface area (Å²) in [4.78, 5) is 4.18. The van der Waals surface area contributed by atoms with Crippen LogP contribution < -0.4 is 5.32 Å². The van der Waals surface area contributed by atoms with Crippen molar-refractivity contribution < 1.29 is 8.78 Å². The molecule has 0 aliphatic rings. The molecule has 0 spiro atoms. The first-order chi connectivity index (χ1) is 9.24. The average Bonchev–Trinajstić information content (AvgIpc) is 2.85. The summed E-state index contributed by atoms with van der Waals surface area (Å²) in [6, 6.07) is 9.52. The van der Waals surface area contributed by atoms with Crippen LogP contribution in [0.25, 0.3) is 10.2 Å². The minimum atomic E-state index is -0.536. The van der Waals surface area contributed by atoms with Gasteiger partial charge in [0, 0.05) is 17.8 Å². The number of thiazole rings is 1. The highest BCUT2D eigenvalue weighted by molar-refractivity contribution is 7.16. The van der Waals surface area contributed by atoms with Gasteiger partial charge in [-0.3, -0.25) is 0 Å². The van der Waals surface area contributed by atoms with E-state index in [1.54, 1.807) is 5.51 Å². The minimum absolute atomic E-state index is 0.0481. The number of nitrogens with one attached hydrogen (secondary N) is 1. The van der Waals surface area contributed by atoms with E-state index in [0.717, 1.165) is 15.9 Å². The summed E-state index contributed by atoms with van der Waals surface area (Å²) in [5, 5.41) is 3.02. The SMILES string of the molecule is Fc1cccc(F)c1CNc1ccc2ncsc2c1. The monoisotopic (exact) mass is 276 g/mol. The summed E-state index contributed by atoms with van der Waals surface area (Å²) in [5.41, 5.74) is 3.56. The van der Waals surface area contributed by atoms with E-state index in [2.05, 4.69) is 10.3 Å². The fraction of sp³-hybridized carbons (Fsp3) is 0.0714. The Kier molecular flexibility index (Phi) is 3.13. The van der Waals surface area contributed by atoms with Crippen LogP contribution in [0.3, 0.4) is 0 Å². The number of hydrogen-bond acceptors (Lipinski definition) is 3. The minimum Gasteiger partial charge on any atom is -0.381 e. The summed E-state index contributed by atoms with van der Waals surface area (Å²) >= 11 is 1.53. The topological polar surface area (TPSA) is 24.9 Å².